The molecule has 0 heterocycles. The molecule has 0 bridgehead atoms. The molecule has 0 aromatic carbocycles. The van der Waals surface area contributed by atoms with E-state index in [-0.39, 0.29) is 0 Å². The average molecular weight is 171 g/mol. The highest BCUT2D eigenvalue weighted by Gasteiger charge is 2.34. The normalized spacial score (nSPS) is 27.5. The minimum Gasteiger partial charge on any atom is -0.383 e. The monoisotopic (exact) mass is 171 g/mol. The Morgan fingerprint density at radius 2 is 2.25 bits per heavy atom. The second kappa shape index (κ2) is 5.55. The van der Waals surface area contributed by atoms with E-state index in [0.29, 0.717) is 0 Å². The van der Waals surface area contributed by atoms with Gasteiger partial charge in [0, 0.05) is 13.7 Å². The number of ether oxygens (including phenoxy) is 1. The Morgan fingerprint density at radius 1 is 1.42 bits per heavy atom. The number of nitrogens with one attached hydrogen (secondary N) is 1. The Kier molecular flexibility index (Phi) is 4.62. The Morgan fingerprint density at radius 3 is 2.92 bits per heavy atom. The lowest BCUT2D eigenvalue weighted by atomic mass is 10.2. The van der Waals surface area contributed by atoms with E-state index in [1.54, 1.807) is 7.11 Å². The molecule has 1 N–H and O–H groups in total. The zero-order valence-electron chi connectivity index (χ0n) is 8.31. The second-order valence-corrected chi connectivity index (χ2v) is 3.74. The van der Waals surface area contributed by atoms with Crippen LogP contribution in [0.1, 0.15) is 26.2 Å². The third-order valence-corrected chi connectivity index (χ3v) is 2.62. The summed E-state index contributed by atoms with van der Waals surface area (Å²) in [4.78, 5) is 0. The van der Waals surface area contributed by atoms with Gasteiger partial charge in [-0.3, -0.25) is 0 Å². The molecule has 0 aliphatic heterocycles. The third-order valence-electron chi connectivity index (χ3n) is 2.62. The molecule has 0 radical (unpaired) electrons. The summed E-state index contributed by atoms with van der Waals surface area (Å²) < 4.78 is 4.96. The minimum atomic E-state index is 0.838. The lowest BCUT2D eigenvalue weighted by Gasteiger charge is -2.02. The molecule has 1 fully saturated rings. The molecule has 1 rings (SSSR count). The molecule has 0 spiro atoms. The van der Waals surface area contributed by atoms with Gasteiger partial charge < -0.3 is 10.1 Å². The highest BCUT2D eigenvalue weighted by Crippen LogP contribution is 2.41. The van der Waals surface area contributed by atoms with E-state index >= 15 is 0 Å². The summed E-state index contributed by atoms with van der Waals surface area (Å²) in [5.74, 6) is 2.01. The first-order valence-corrected chi connectivity index (χ1v) is 5.08. The zero-order valence-corrected chi connectivity index (χ0v) is 8.31. The predicted octanol–water partition coefficient (Wildman–Crippen LogP) is 1.66. The first-order chi connectivity index (χ1) is 5.88. The lowest BCUT2D eigenvalue weighted by molar-refractivity contribution is 0.199. The van der Waals surface area contributed by atoms with Crippen LogP contribution in [0.4, 0.5) is 0 Å². The van der Waals surface area contributed by atoms with Gasteiger partial charge in [0.15, 0.2) is 0 Å². The van der Waals surface area contributed by atoms with Gasteiger partial charge in [-0.2, -0.15) is 0 Å². The van der Waals surface area contributed by atoms with Crippen molar-refractivity contribution in [1.82, 2.24) is 5.32 Å². The van der Waals surface area contributed by atoms with Crippen molar-refractivity contribution in [2.24, 2.45) is 11.8 Å². The summed E-state index contributed by atoms with van der Waals surface area (Å²) >= 11 is 0. The van der Waals surface area contributed by atoms with Crippen LogP contribution >= 0.6 is 0 Å². The maximum Gasteiger partial charge on any atom is 0.0587 e. The molecule has 1 saturated carbocycles. The third kappa shape index (κ3) is 3.55. The van der Waals surface area contributed by atoms with Crippen LogP contribution in [0.5, 0.6) is 0 Å². The van der Waals surface area contributed by atoms with Crippen molar-refractivity contribution in [3.05, 3.63) is 0 Å². The predicted molar refractivity (Wildman–Crippen MR) is 51.3 cm³/mol. The van der Waals surface area contributed by atoms with Gasteiger partial charge in [0.05, 0.1) is 6.61 Å². The van der Waals surface area contributed by atoms with Crippen molar-refractivity contribution in [3.63, 3.8) is 0 Å². The lowest BCUT2D eigenvalue weighted by Crippen LogP contribution is -2.21. The van der Waals surface area contributed by atoms with Crippen molar-refractivity contribution in [3.8, 4) is 0 Å². The van der Waals surface area contributed by atoms with Crippen LogP contribution in [0.3, 0.4) is 0 Å². The maximum absolute atomic E-state index is 4.96. The smallest absolute Gasteiger partial charge is 0.0587 e. The largest absolute Gasteiger partial charge is 0.383 e. The van der Waals surface area contributed by atoms with Crippen molar-refractivity contribution in [1.29, 1.82) is 0 Å². The molecular weight excluding hydrogens is 150 g/mol. The van der Waals surface area contributed by atoms with Gasteiger partial charge in [-0.1, -0.05) is 19.8 Å². The van der Waals surface area contributed by atoms with Crippen LogP contribution in [-0.2, 0) is 4.74 Å². The highest BCUT2D eigenvalue weighted by atomic mass is 16.5. The summed E-state index contributed by atoms with van der Waals surface area (Å²) in [6.45, 7) is 5.32. The molecule has 0 aromatic heterocycles. The molecule has 0 aromatic rings. The number of hydrogen-bond donors (Lipinski definition) is 1. The molecule has 2 atom stereocenters. The summed E-state index contributed by atoms with van der Waals surface area (Å²) in [6, 6.07) is 0. The molecule has 2 unspecified atom stereocenters. The average Bonchev–Trinajstić information content (AvgIpc) is 2.79. The summed E-state index contributed by atoms with van der Waals surface area (Å²) in [5.41, 5.74) is 0. The Bertz CT molecular complexity index is 116. The van der Waals surface area contributed by atoms with Crippen molar-refractivity contribution in [2.75, 3.05) is 26.8 Å². The van der Waals surface area contributed by atoms with Gasteiger partial charge >= 0.3 is 0 Å². The van der Waals surface area contributed by atoms with Gasteiger partial charge in [-0.05, 0) is 24.8 Å². The molecule has 1 aliphatic carbocycles. The maximum atomic E-state index is 4.96. The Hall–Kier alpha value is -0.0800. The van der Waals surface area contributed by atoms with Gasteiger partial charge in [-0.15, -0.1) is 0 Å². The van der Waals surface area contributed by atoms with Crippen molar-refractivity contribution in [2.45, 2.75) is 26.2 Å². The van der Waals surface area contributed by atoms with Gasteiger partial charge in [0.25, 0.3) is 0 Å². The van der Waals surface area contributed by atoms with E-state index < -0.39 is 0 Å². The van der Waals surface area contributed by atoms with Crippen LogP contribution < -0.4 is 5.32 Å². The van der Waals surface area contributed by atoms with E-state index in [9.17, 15) is 0 Å². The number of hydrogen-bond acceptors (Lipinski definition) is 2. The zero-order chi connectivity index (χ0) is 8.81. The first-order valence-electron chi connectivity index (χ1n) is 5.08. The van der Waals surface area contributed by atoms with Crippen LogP contribution in [0.2, 0.25) is 0 Å². The van der Waals surface area contributed by atoms with Crippen LogP contribution in [0.25, 0.3) is 0 Å². The van der Waals surface area contributed by atoms with E-state index in [1.165, 1.54) is 25.8 Å². The summed E-state index contributed by atoms with van der Waals surface area (Å²) in [7, 11) is 1.75. The number of rotatable bonds is 7. The number of methoxy groups -OCH3 is 1. The molecule has 72 valence electrons. The topological polar surface area (TPSA) is 21.3 Å². The summed E-state index contributed by atoms with van der Waals surface area (Å²) in [6.07, 6.45) is 4.23. The Balaban J connectivity index is 1.83. The van der Waals surface area contributed by atoms with Gasteiger partial charge in [0.1, 0.15) is 0 Å². The fraction of sp³-hybridized carbons (Fsp3) is 1.00. The molecule has 2 nitrogen and oxygen atoms in total. The molecule has 2 heteroatoms. The van der Waals surface area contributed by atoms with Crippen molar-refractivity contribution >= 4 is 0 Å². The van der Waals surface area contributed by atoms with E-state index in [1.807, 2.05) is 0 Å². The summed E-state index contributed by atoms with van der Waals surface area (Å²) in [5, 5.41) is 3.41. The van der Waals surface area contributed by atoms with Crippen molar-refractivity contribution < 1.29 is 4.74 Å². The molecule has 0 amide bonds. The van der Waals surface area contributed by atoms with E-state index in [4.69, 9.17) is 4.74 Å². The standard InChI is InChI=1S/C10H21NO/c1-3-4-9-7-10(9)8-11-5-6-12-2/h9-11H,3-8H2,1-2H3. The van der Waals surface area contributed by atoms with Crippen LogP contribution in [0.15, 0.2) is 0 Å². The molecule has 1 aliphatic rings. The van der Waals surface area contributed by atoms with Gasteiger partial charge in [0.2, 0.25) is 0 Å². The molecule has 12 heavy (non-hydrogen) atoms. The molecule has 0 saturated heterocycles. The fourth-order valence-electron chi connectivity index (χ4n) is 1.75. The second-order valence-electron chi connectivity index (χ2n) is 3.74. The van der Waals surface area contributed by atoms with E-state index in [0.717, 1.165) is 25.0 Å². The van der Waals surface area contributed by atoms with Gasteiger partial charge in [-0.25, -0.2) is 0 Å². The Labute approximate surface area is 75.7 Å². The minimum absolute atomic E-state index is 0.838. The SMILES string of the molecule is CCCC1CC1CNCCOC. The van der Waals surface area contributed by atoms with E-state index in [2.05, 4.69) is 12.2 Å². The fourth-order valence-corrected chi connectivity index (χ4v) is 1.75. The quantitative estimate of drug-likeness (QED) is 0.588. The highest BCUT2D eigenvalue weighted by molar-refractivity contribution is 4.87. The molecular formula is C10H21NO. The van der Waals surface area contributed by atoms with Crippen LogP contribution in [0, 0.1) is 11.8 Å². The van der Waals surface area contributed by atoms with Crippen LogP contribution in [-0.4, -0.2) is 26.8 Å². The first kappa shape index (κ1) is 10.0.